The molecule has 0 radical (unpaired) electrons. The van der Waals surface area contributed by atoms with E-state index < -0.39 is 0 Å². The van der Waals surface area contributed by atoms with Crippen molar-refractivity contribution in [3.8, 4) is 5.75 Å². The first-order valence-corrected chi connectivity index (χ1v) is 7.02. The molecule has 1 unspecified atom stereocenters. The number of rotatable bonds is 5. The zero-order valence-electron chi connectivity index (χ0n) is 12.4. The molecule has 1 aromatic rings. The van der Waals surface area contributed by atoms with Gasteiger partial charge in [0.2, 0.25) is 0 Å². The average Bonchev–Trinajstić information content (AvgIpc) is 2.94. The van der Waals surface area contributed by atoms with E-state index in [2.05, 4.69) is 29.0 Å². The van der Waals surface area contributed by atoms with Crippen LogP contribution in [0.25, 0.3) is 0 Å². The summed E-state index contributed by atoms with van der Waals surface area (Å²) >= 11 is 0. The first-order chi connectivity index (χ1) is 9.11. The Labute approximate surface area is 116 Å². The molecule has 0 saturated carbocycles. The average molecular weight is 263 g/mol. The summed E-state index contributed by atoms with van der Waals surface area (Å²) in [5.41, 5.74) is 1.01. The van der Waals surface area contributed by atoms with Crippen LogP contribution in [0, 0.1) is 0 Å². The van der Waals surface area contributed by atoms with E-state index in [1.165, 1.54) is 25.9 Å². The van der Waals surface area contributed by atoms with Crippen molar-refractivity contribution in [3.63, 3.8) is 0 Å². The highest BCUT2D eigenvalue weighted by Gasteiger charge is 2.38. The highest BCUT2D eigenvalue weighted by Crippen LogP contribution is 2.35. The van der Waals surface area contributed by atoms with Gasteiger partial charge < -0.3 is 10.1 Å². The molecule has 4 nitrogen and oxygen atoms in total. The minimum atomic E-state index is 0.0207. The predicted molar refractivity (Wildman–Crippen MR) is 77.5 cm³/mol. The number of hydrogen-bond donors (Lipinski definition) is 1. The molecular formula is C15H25N3O. The Balaban J connectivity index is 2.32. The van der Waals surface area contributed by atoms with Crippen LogP contribution in [0.1, 0.15) is 38.4 Å². The maximum atomic E-state index is 5.46. The Bertz CT molecular complexity index is 414. The van der Waals surface area contributed by atoms with Crippen LogP contribution in [0.5, 0.6) is 5.75 Å². The first kappa shape index (κ1) is 14.3. The zero-order valence-corrected chi connectivity index (χ0v) is 12.4. The lowest BCUT2D eigenvalue weighted by Crippen LogP contribution is -2.51. The summed E-state index contributed by atoms with van der Waals surface area (Å²) in [5, 5.41) is 3.43. The number of likely N-dealkylation sites (tertiary alicyclic amines) is 1. The molecule has 0 amide bonds. The summed E-state index contributed by atoms with van der Waals surface area (Å²) in [4.78, 5) is 7.09. The van der Waals surface area contributed by atoms with Crippen molar-refractivity contribution < 1.29 is 4.74 Å². The van der Waals surface area contributed by atoms with Gasteiger partial charge in [-0.3, -0.25) is 9.88 Å². The van der Waals surface area contributed by atoms with Crippen LogP contribution >= 0.6 is 0 Å². The Kier molecular flexibility index (Phi) is 4.42. The van der Waals surface area contributed by atoms with Crippen LogP contribution in [-0.2, 0) is 0 Å². The second-order valence-corrected chi connectivity index (χ2v) is 5.66. The minimum Gasteiger partial charge on any atom is -0.495 e. The smallest absolute Gasteiger partial charge is 0.142 e. The van der Waals surface area contributed by atoms with Gasteiger partial charge in [0.05, 0.1) is 13.2 Å². The molecule has 1 saturated heterocycles. The SMILES string of the molecule is CNC(c1ncccc1OC)C(C)(C)N1CCCC1. The molecule has 0 spiro atoms. The van der Waals surface area contributed by atoms with Gasteiger partial charge in [-0.1, -0.05) is 0 Å². The van der Waals surface area contributed by atoms with E-state index in [9.17, 15) is 0 Å². The van der Waals surface area contributed by atoms with E-state index in [4.69, 9.17) is 4.74 Å². The Morgan fingerprint density at radius 3 is 2.63 bits per heavy atom. The number of likely N-dealkylation sites (N-methyl/N-ethyl adjacent to an activating group) is 1. The molecule has 2 heterocycles. The lowest BCUT2D eigenvalue weighted by molar-refractivity contribution is 0.107. The number of aromatic nitrogens is 1. The van der Waals surface area contributed by atoms with Gasteiger partial charge in [0.1, 0.15) is 11.4 Å². The monoisotopic (exact) mass is 263 g/mol. The minimum absolute atomic E-state index is 0.0207. The number of nitrogens with zero attached hydrogens (tertiary/aromatic N) is 2. The quantitative estimate of drug-likeness (QED) is 0.884. The van der Waals surface area contributed by atoms with Gasteiger partial charge in [0.15, 0.2) is 0 Å². The third-order valence-electron chi connectivity index (χ3n) is 4.21. The fourth-order valence-electron chi connectivity index (χ4n) is 3.09. The Morgan fingerprint density at radius 1 is 1.37 bits per heavy atom. The Morgan fingerprint density at radius 2 is 2.05 bits per heavy atom. The van der Waals surface area contributed by atoms with Crippen LogP contribution in [-0.4, -0.2) is 42.7 Å². The number of pyridine rings is 1. The van der Waals surface area contributed by atoms with Crippen LogP contribution in [0.4, 0.5) is 0 Å². The maximum absolute atomic E-state index is 5.46. The predicted octanol–water partition coefficient (Wildman–Crippen LogP) is 2.23. The molecule has 1 N–H and O–H groups in total. The molecule has 0 aliphatic carbocycles. The van der Waals surface area contributed by atoms with E-state index in [0.29, 0.717) is 0 Å². The molecule has 2 rings (SSSR count). The maximum Gasteiger partial charge on any atom is 0.142 e. The van der Waals surface area contributed by atoms with Crippen molar-refractivity contribution in [2.45, 2.75) is 38.3 Å². The Hall–Kier alpha value is -1.13. The molecule has 0 aromatic carbocycles. The summed E-state index contributed by atoms with van der Waals surface area (Å²) in [6.45, 7) is 6.90. The standard InChI is InChI=1S/C15H25N3O/c1-15(2,18-10-5-6-11-18)14(16-3)13-12(19-4)8-7-9-17-13/h7-9,14,16H,5-6,10-11H2,1-4H3. The van der Waals surface area contributed by atoms with Gasteiger partial charge in [0, 0.05) is 11.7 Å². The van der Waals surface area contributed by atoms with Crippen LogP contribution in [0.15, 0.2) is 18.3 Å². The number of hydrogen-bond acceptors (Lipinski definition) is 4. The van der Waals surface area contributed by atoms with Crippen LogP contribution in [0.3, 0.4) is 0 Å². The molecule has 19 heavy (non-hydrogen) atoms. The van der Waals surface area contributed by atoms with Gasteiger partial charge >= 0.3 is 0 Å². The lowest BCUT2D eigenvalue weighted by atomic mass is 9.89. The van der Waals surface area contributed by atoms with Crippen LogP contribution < -0.4 is 10.1 Å². The molecule has 0 bridgehead atoms. The van der Waals surface area contributed by atoms with Gasteiger partial charge in [-0.15, -0.1) is 0 Å². The van der Waals surface area contributed by atoms with Crippen molar-refractivity contribution in [2.24, 2.45) is 0 Å². The van der Waals surface area contributed by atoms with Gasteiger partial charge in [-0.2, -0.15) is 0 Å². The highest BCUT2D eigenvalue weighted by atomic mass is 16.5. The molecule has 1 atom stereocenters. The van der Waals surface area contributed by atoms with Gasteiger partial charge in [0.25, 0.3) is 0 Å². The zero-order chi connectivity index (χ0) is 13.9. The summed E-state index contributed by atoms with van der Waals surface area (Å²) in [6.07, 6.45) is 4.42. The van der Waals surface area contributed by atoms with Crippen LogP contribution in [0.2, 0.25) is 0 Å². The molecule has 1 aromatic heterocycles. The molecule has 4 heteroatoms. The second-order valence-electron chi connectivity index (χ2n) is 5.66. The molecule has 1 aliphatic rings. The fraction of sp³-hybridized carbons (Fsp3) is 0.667. The van der Waals surface area contributed by atoms with Gasteiger partial charge in [-0.05, 0) is 59.0 Å². The fourth-order valence-corrected chi connectivity index (χ4v) is 3.09. The van der Waals surface area contributed by atoms with Crippen molar-refractivity contribution in [2.75, 3.05) is 27.2 Å². The largest absolute Gasteiger partial charge is 0.495 e. The van der Waals surface area contributed by atoms with E-state index >= 15 is 0 Å². The molecule has 1 fully saturated rings. The molecule has 1 aliphatic heterocycles. The van der Waals surface area contributed by atoms with Crippen molar-refractivity contribution in [3.05, 3.63) is 24.0 Å². The normalized spacial score (nSPS) is 18.5. The van der Waals surface area contributed by atoms with Crippen molar-refractivity contribution in [1.29, 1.82) is 0 Å². The molecular weight excluding hydrogens is 238 g/mol. The topological polar surface area (TPSA) is 37.4 Å². The summed E-state index contributed by atoms with van der Waals surface area (Å²) in [6, 6.07) is 4.05. The second kappa shape index (κ2) is 5.88. The van der Waals surface area contributed by atoms with E-state index in [-0.39, 0.29) is 11.6 Å². The highest BCUT2D eigenvalue weighted by molar-refractivity contribution is 5.31. The summed E-state index contributed by atoms with van der Waals surface area (Å²) < 4.78 is 5.46. The third-order valence-corrected chi connectivity index (χ3v) is 4.21. The van der Waals surface area contributed by atoms with E-state index in [1.54, 1.807) is 7.11 Å². The van der Waals surface area contributed by atoms with E-state index in [1.807, 2.05) is 25.4 Å². The first-order valence-electron chi connectivity index (χ1n) is 7.02. The third kappa shape index (κ3) is 2.74. The van der Waals surface area contributed by atoms with Crippen molar-refractivity contribution >= 4 is 0 Å². The van der Waals surface area contributed by atoms with Crippen molar-refractivity contribution in [1.82, 2.24) is 15.2 Å². The number of nitrogens with one attached hydrogen (secondary N) is 1. The summed E-state index contributed by atoms with van der Waals surface area (Å²) in [5.74, 6) is 0.856. The number of ether oxygens (including phenoxy) is 1. The van der Waals surface area contributed by atoms with Gasteiger partial charge in [-0.25, -0.2) is 0 Å². The summed E-state index contributed by atoms with van der Waals surface area (Å²) in [7, 11) is 3.70. The number of methoxy groups -OCH3 is 1. The molecule has 106 valence electrons. The van der Waals surface area contributed by atoms with E-state index in [0.717, 1.165) is 11.4 Å². The lowest BCUT2D eigenvalue weighted by Gasteiger charge is -2.42.